The Labute approximate surface area is 413 Å². The zero-order valence-electron chi connectivity index (χ0n) is 43.9. The molecular formula is C58H111NO8. The summed E-state index contributed by atoms with van der Waals surface area (Å²) in [6.45, 7) is 3.83. The van der Waals surface area contributed by atoms with Crippen molar-refractivity contribution in [2.75, 3.05) is 13.2 Å². The summed E-state index contributed by atoms with van der Waals surface area (Å²) in [7, 11) is 0. The first-order chi connectivity index (χ1) is 32.8. The van der Waals surface area contributed by atoms with E-state index in [9.17, 15) is 30.3 Å². The molecular weight excluding hydrogens is 839 g/mol. The molecule has 1 saturated heterocycles. The molecule has 0 saturated carbocycles. The van der Waals surface area contributed by atoms with E-state index >= 15 is 0 Å². The van der Waals surface area contributed by atoms with Crippen LogP contribution < -0.4 is 5.32 Å². The fraction of sp³-hybridized carbons (Fsp3) is 0.914. The molecule has 0 aromatic carbocycles. The molecule has 6 N–H and O–H groups in total. The van der Waals surface area contributed by atoms with Crippen molar-refractivity contribution in [1.29, 1.82) is 0 Å². The van der Waals surface area contributed by atoms with Gasteiger partial charge in [-0.3, -0.25) is 4.79 Å². The molecule has 1 fully saturated rings. The molecule has 0 aromatic heterocycles. The quantitative estimate of drug-likeness (QED) is 0.0261. The molecule has 0 spiro atoms. The molecule has 0 bridgehead atoms. The average Bonchev–Trinajstić information content (AvgIpc) is 3.33. The van der Waals surface area contributed by atoms with Crippen LogP contribution >= 0.6 is 0 Å². The average molecular weight is 951 g/mol. The van der Waals surface area contributed by atoms with E-state index in [0.29, 0.717) is 12.8 Å². The summed E-state index contributed by atoms with van der Waals surface area (Å²) >= 11 is 0. The van der Waals surface area contributed by atoms with Gasteiger partial charge in [0.25, 0.3) is 0 Å². The topological polar surface area (TPSA) is 149 Å². The minimum atomic E-state index is -1.55. The van der Waals surface area contributed by atoms with Gasteiger partial charge < -0.3 is 40.3 Å². The summed E-state index contributed by atoms with van der Waals surface area (Å²) in [6.07, 6.45) is 53.7. The molecule has 0 radical (unpaired) electrons. The predicted molar refractivity (Wildman–Crippen MR) is 281 cm³/mol. The summed E-state index contributed by atoms with van der Waals surface area (Å²) in [6, 6.07) is -0.714. The van der Waals surface area contributed by atoms with Gasteiger partial charge in [0, 0.05) is 6.42 Å². The highest BCUT2D eigenvalue weighted by atomic mass is 16.7. The van der Waals surface area contributed by atoms with Gasteiger partial charge in [0.15, 0.2) is 6.29 Å². The van der Waals surface area contributed by atoms with Gasteiger partial charge in [0.2, 0.25) is 5.91 Å². The summed E-state index contributed by atoms with van der Waals surface area (Å²) in [4.78, 5) is 13.0. The molecule has 1 aliphatic heterocycles. The Morgan fingerprint density at radius 2 is 0.881 bits per heavy atom. The monoisotopic (exact) mass is 950 g/mol. The third-order valence-corrected chi connectivity index (χ3v) is 14.1. The molecule has 9 heteroatoms. The predicted octanol–water partition coefficient (Wildman–Crippen LogP) is 14.2. The molecule has 9 nitrogen and oxygen atoms in total. The van der Waals surface area contributed by atoms with E-state index in [1.165, 1.54) is 212 Å². The lowest BCUT2D eigenvalue weighted by atomic mass is 9.99. The van der Waals surface area contributed by atoms with E-state index in [1.54, 1.807) is 0 Å². The highest BCUT2D eigenvalue weighted by Crippen LogP contribution is 2.23. The third kappa shape index (κ3) is 38.1. The third-order valence-electron chi connectivity index (χ3n) is 14.1. The zero-order valence-corrected chi connectivity index (χ0v) is 43.9. The summed E-state index contributed by atoms with van der Waals surface area (Å²) in [5.41, 5.74) is 0. The first kappa shape index (κ1) is 63.7. The first-order valence-electron chi connectivity index (χ1n) is 29.0. The maximum atomic E-state index is 13.0. The van der Waals surface area contributed by atoms with Gasteiger partial charge in [-0.2, -0.15) is 0 Å². The van der Waals surface area contributed by atoms with E-state index in [1.807, 2.05) is 0 Å². The Morgan fingerprint density at radius 1 is 0.507 bits per heavy atom. The Balaban J connectivity index is 2.06. The van der Waals surface area contributed by atoms with E-state index in [2.05, 4.69) is 43.5 Å². The molecule has 1 rings (SSSR count). The number of hydrogen-bond acceptors (Lipinski definition) is 8. The Morgan fingerprint density at radius 3 is 1.28 bits per heavy atom. The van der Waals surface area contributed by atoms with Crippen LogP contribution in [-0.4, -0.2) is 87.5 Å². The van der Waals surface area contributed by atoms with Crippen molar-refractivity contribution < 1.29 is 39.8 Å². The number of allylic oxidation sites excluding steroid dienone is 4. The molecule has 1 aliphatic rings. The number of ether oxygens (including phenoxy) is 2. The first-order valence-corrected chi connectivity index (χ1v) is 29.0. The molecule has 67 heavy (non-hydrogen) atoms. The van der Waals surface area contributed by atoms with Gasteiger partial charge in [-0.15, -0.1) is 0 Å². The van der Waals surface area contributed by atoms with Gasteiger partial charge >= 0.3 is 0 Å². The lowest BCUT2D eigenvalue weighted by Crippen LogP contribution is -2.60. The Hall–Kier alpha value is -1.33. The second-order valence-corrected chi connectivity index (χ2v) is 20.4. The number of carbonyl (C=O) groups excluding carboxylic acids is 1. The minimum Gasteiger partial charge on any atom is -0.394 e. The number of aliphatic hydroxyl groups is 5. The molecule has 396 valence electrons. The highest BCUT2D eigenvalue weighted by Gasteiger charge is 2.44. The van der Waals surface area contributed by atoms with Crippen molar-refractivity contribution in [3.8, 4) is 0 Å². The van der Waals surface area contributed by atoms with Crippen molar-refractivity contribution in [2.24, 2.45) is 0 Å². The van der Waals surface area contributed by atoms with Crippen LogP contribution in [0, 0.1) is 0 Å². The lowest BCUT2D eigenvalue weighted by Gasteiger charge is -2.40. The normalized spacial score (nSPS) is 19.8. The SMILES string of the molecule is CCCCCCC/C=C\C/C=C\CCCCCCCCCCCCCCCCCCCCCCCC(=O)NC(COC1OC(CO)C(O)C(O)C1O)C(O)CCCCCCCCCCCCC. The van der Waals surface area contributed by atoms with Gasteiger partial charge in [-0.05, 0) is 44.9 Å². The smallest absolute Gasteiger partial charge is 0.220 e. The summed E-state index contributed by atoms with van der Waals surface area (Å²) in [5, 5.41) is 54.5. The second-order valence-electron chi connectivity index (χ2n) is 20.4. The lowest BCUT2D eigenvalue weighted by molar-refractivity contribution is -0.302. The Kier molecular flexibility index (Phi) is 45.9. The van der Waals surface area contributed by atoms with Crippen molar-refractivity contribution >= 4 is 5.91 Å². The van der Waals surface area contributed by atoms with Crippen molar-refractivity contribution in [3.05, 3.63) is 24.3 Å². The van der Waals surface area contributed by atoms with Crippen molar-refractivity contribution in [3.63, 3.8) is 0 Å². The summed E-state index contributed by atoms with van der Waals surface area (Å²) < 4.78 is 11.3. The van der Waals surface area contributed by atoms with Gasteiger partial charge in [-0.25, -0.2) is 0 Å². The van der Waals surface area contributed by atoms with Crippen LogP contribution in [0.5, 0.6) is 0 Å². The molecule has 1 heterocycles. The van der Waals surface area contributed by atoms with E-state index < -0.39 is 49.5 Å². The Bertz CT molecular complexity index is 1100. The fourth-order valence-electron chi connectivity index (χ4n) is 9.43. The molecule has 0 aromatic rings. The van der Waals surface area contributed by atoms with E-state index in [-0.39, 0.29) is 12.5 Å². The summed E-state index contributed by atoms with van der Waals surface area (Å²) in [5.74, 6) is -0.141. The maximum absolute atomic E-state index is 13.0. The second kappa shape index (κ2) is 48.3. The number of aliphatic hydroxyl groups excluding tert-OH is 5. The van der Waals surface area contributed by atoms with E-state index in [0.717, 1.165) is 44.9 Å². The fourth-order valence-corrected chi connectivity index (χ4v) is 9.43. The van der Waals surface area contributed by atoms with Gasteiger partial charge in [-0.1, -0.05) is 256 Å². The van der Waals surface area contributed by atoms with E-state index in [4.69, 9.17) is 9.47 Å². The number of carbonyl (C=O) groups is 1. The zero-order chi connectivity index (χ0) is 48.7. The number of unbranched alkanes of at least 4 members (excludes halogenated alkanes) is 36. The molecule has 7 atom stereocenters. The van der Waals surface area contributed by atoms with Crippen molar-refractivity contribution in [1.82, 2.24) is 5.32 Å². The highest BCUT2D eigenvalue weighted by molar-refractivity contribution is 5.76. The van der Waals surface area contributed by atoms with Crippen LogP contribution in [0.3, 0.4) is 0 Å². The van der Waals surface area contributed by atoms with Crippen LogP contribution in [0.15, 0.2) is 24.3 Å². The standard InChI is InChI=1S/C58H111NO8/c1-3-5-7-9-11-13-15-16-17-18-19-20-21-22-23-24-25-26-27-28-29-30-31-32-33-34-35-36-38-40-42-44-46-48-54(62)59-51(50-66-58-57(65)56(64)55(63)53(49-60)67-58)52(61)47-45-43-41-39-37-14-12-10-8-6-4-2/h15-16,18-19,51-53,55-58,60-61,63-65H,3-14,17,20-50H2,1-2H3,(H,59,62)/b16-15-,19-18-. The van der Waals surface area contributed by atoms with Crippen molar-refractivity contribution in [2.45, 2.75) is 326 Å². The number of rotatable bonds is 50. The van der Waals surface area contributed by atoms with Crippen LogP contribution in [0.4, 0.5) is 0 Å². The molecule has 0 aliphatic carbocycles. The van der Waals surface area contributed by atoms with Crippen LogP contribution in [-0.2, 0) is 14.3 Å². The van der Waals surface area contributed by atoms with Crippen LogP contribution in [0.2, 0.25) is 0 Å². The van der Waals surface area contributed by atoms with Crippen LogP contribution in [0.1, 0.15) is 284 Å². The van der Waals surface area contributed by atoms with Crippen LogP contribution in [0.25, 0.3) is 0 Å². The number of hydrogen-bond donors (Lipinski definition) is 6. The maximum Gasteiger partial charge on any atom is 0.220 e. The largest absolute Gasteiger partial charge is 0.394 e. The molecule has 7 unspecified atom stereocenters. The molecule has 1 amide bonds. The van der Waals surface area contributed by atoms with Gasteiger partial charge in [0.05, 0.1) is 25.4 Å². The minimum absolute atomic E-state index is 0.134. The van der Waals surface area contributed by atoms with Gasteiger partial charge in [0.1, 0.15) is 24.4 Å². The number of amides is 1. The number of nitrogens with one attached hydrogen (secondary N) is 1.